The number of rotatable bonds is 7. The molecule has 1 atom stereocenters. The Bertz CT molecular complexity index is 898. The molecule has 1 aromatic heterocycles. The molecule has 1 amide bonds. The maximum atomic E-state index is 12.5. The van der Waals surface area contributed by atoms with Crippen molar-refractivity contribution in [1.82, 2.24) is 10.3 Å². The molecule has 1 heterocycles. The van der Waals surface area contributed by atoms with Gasteiger partial charge < -0.3 is 15.0 Å². The summed E-state index contributed by atoms with van der Waals surface area (Å²) in [5.41, 5.74) is 5.90. The number of benzene rings is 2. The Morgan fingerprint density at radius 2 is 1.96 bits per heavy atom. The van der Waals surface area contributed by atoms with Crippen LogP contribution in [0.2, 0.25) is 0 Å². The van der Waals surface area contributed by atoms with E-state index >= 15 is 0 Å². The summed E-state index contributed by atoms with van der Waals surface area (Å²) in [6.45, 7) is 5.26. The highest BCUT2D eigenvalue weighted by atomic mass is 16.5. The Kier molecular flexibility index (Phi) is 5.74. The number of H-pyrrole nitrogens is 1. The van der Waals surface area contributed by atoms with Gasteiger partial charge in [0.15, 0.2) is 0 Å². The van der Waals surface area contributed by atoms with Crippen molar-refractivity contribution < 1.29 is 9.53 Å². The molecule has 136 valence electrons. The van der Waals surface area contributed by atoms with Crippen LogP contribution in [-0.4, -0.2) is 31.2 Å². The zero-order chi connectivity index (χ0) is 18.5. The first-order valence-corrected chi connectivity index (χ1v) is 8.99. The number of amides is 1. The summed E-state index contributed by atoms with van der Waals surface area (Å²) in [6.07, 6.45) is 2.45. The van der Waals surface area contributed by atoms with Crippen LogP contribution in [0.4, 0.5) is 0 Å². The normalized spacial score (nSPS) is 12.3. The first-order chi connectivity index (χ1) is 12.6. The van der Waals surface area contributed by atoms with Crippen LogP contribution in [0.3, 0.4) is 0 Å². The smallest absolute Gasteiger partial charge is 0.221 e. The summed E-state index contributed by atoms with van der Waals surface area (Å²) < 4.78 is 5.02. The van der Waals surface area contributed by atoms with Crippen molar-refractivity contribution in [3.63, 3.8) is 0 Å². The Labute approximate surface area is 154 Å². The van der Waals surface area contributed by atoms with Gasteiger partial charge in [-0.1, -0.05) is 42.0 Å². The summed E-state index contributed by atoms with van der Waals surface area (Å²) in [7, 11) is 1.64. The average Bonchev–Trinajstić information content (AvgIpc) is 3.04. The minimum Gasteiger partial charge on any atom is -0.383 e. The molecule has 0 saturated heterocycles. The second kappa shape index (κ2) is 8.19. The van der Waals surface area contributed by atoms with Crippen molar-refractivity contribution in [2.75, 3.05) is 20.3 Å². The largest absolute Gasteiger partial charge is 0.383 e. The molecule has 2 aromatic carbocycles. The van der Waals surface area contributed by atoms with E-state index in [9.17, 15) is 4.79 Å². The van der Waals surface area contributed by atoms with Crippen molar-refractivity contribution in [3.05, 3.63) is 70.9 Å². The summed E-state index contributed by atoms with van der Waals surface area (Å²) in [4.78, 5) is 15.9. The number of aromatic nitrogens is 1. The molecule has 0 radical (unpaired) electrons. The maximum absolute atomic E-state index is 12.5. The second-order valence-corrected chi connectivity index (χ2v) is 6.75. The van der Waals surface area contributed by atoms with Gasteiger partial charge in [-0.3, -0.25) is 4.79 Å². The number of methoxy groups -OCH3 is 1. The lowest BCUT2D eigenvalue weighted by Gasteiger charge is -2.20. The Morgan fingerprint density at radius 1 is 1.15 bits per heavy atom. The van der Waals surface area contributed by atoms with Crippen molar-refractivity contribution in [3.8, 4) is 0 Å². The van der Waals surface area contributed by atoms with E-state index < -0.39 is 0 Å². The minimum atomic E-state index is 0.00861. The van der Waals surface area contributed by atoms with Gasteiger partial charge in [-0.15, -0.1) is 0 Å². The van der Waals surface area contributed by atoms with Crippen LogP contribution in [0.5, 0.6) is 0 Å². The topological polar surface area (TPSA) is 54.1 Å². The first-order valence-electron chi connectivity index (χ1n) is 8.99. The molecule has 3 aromatic rings. The third-order valence-electron chi connectivity index (χ3n) is 4.82. The van der Waals surface area contributed by atoms with Gasteiger partial charge in [0, 0.05) is 43.1 Å². The van der Waals surface area contributed by atoms with Gasteiger partial charge in [0.2, 0.25) is 5.91 Å². The molecule has 0 saturated carbocycles. The minimum absolute atomic E-state index is 0.00861. The van der Waals surface area contributed by atoms with Gasteiger partial charge in [-0.05, 0) is 36.6 Å². The lowest BCUT2D eigenvalue weighted by molar-refractivity contribution is -0.121. The molecular formula is C22H26N2O2. The fourth-order valence-corrected chi connectivity index (χ4v) is 3.54. The number of aromatic amines is 1. The van der Waals surface area contributed by atoms with E-state index in [1.54, 1.807) is 7.11 Å². The molecule has 0 aliphatic rings. The number of fused-ring (bicyclic) bond motifs is 1. The van der Waals surface area contributed by atoms with Crippen LogP contribution in [-0.2, 0) is 9.53 Å². The number of para-hydroxylation sites is 1. The van der Waals surface area contributed by atoms with E-state index in [1.807, 2.05) is 18.3 Å². The number of aryl methyl sites for hydroxylation is 2. The fourth-order valence-electron chi connectivity index (χ4n) is 3.54. The van der Waals surface area contributed by atoms with Gasteiger partial charge >= 0.3 is 0 Å². The van der Waals surface area contributed by atoms with Crippen molar-refractivity contribution in [2.45, 2.75) is 26.2 Å². The van der Waals surface area contributed by atoms with Crippen LogP contribution in [0.15, 0.2) is 48.7 Å². The molecule has 0 fully saturated rings. The quantitative estimate of drug-likeness (QED) is 0.631. The fraction of sp³-hybridized carbons (Fsp3) is 0.318. The molecule has 4 nitrogen and oxygen atoms in total. The first kappa shape index (κ1) is 18.2. The molecule has 4 heteroatoms. The van der Waals surface area contributed by atoms with E-state index in [0.29, 0.717) is 19.6 Å². The lowest BCUT2D eigenvalue weighted by Crippen LogP contribution is -2.28. The van der Waals surface area contributed by atoms with Crippen LogP contribution in [0.1, 0.15) is 34.6 Å². The number of ether oxygens (including phenoxy) is 1. The monoisotopic (exact) mass is 350 g/mol. The van der Waals surface area contributed by atoms with Gasteiger partial charge in [0.25, 0.3) is 0 Å². The Morgan fingerprint density at radius 3 is 2.73 bits per heavy atom. The summed E-state index contributed by atoms with van der Waals surface area (Å²) in [5, 5.41) is 4.12. The second-order valence-electron chi connectivity index (χ2n) is 6.75. The Hall–Kier alpha value is -2.59. The van der Waals surface area contributed by atoms with Crippen LogP contribution < -0.4 is 5.32 Å². The third kappa shape index (κ3) is 3.97. The highest BCUT2D eigenvalue weighted by Crippen LogP contribution is 2.35. The average molecular weight is 350 g/mol. The lowest BCUT2D eigenvalue weighted by atomic mass is 9.85. The standard InChI is InChI=1S/C22H26N2O2/c1-15-8-9-17(16(2)12-15)19(13-22(25)23-10-11-26-3)20-14-24-21-7-5-4-6-18(20)21/h4-9,12,14,19,24H,10-11,13H2,1-3H3,(H,23,25). The van der Waals surface area contributed by atoms with E-state index in [2.05, 4.69) is 54.5 Å². The number of hydrogen-bond acceptors (Lipinski definition) is 2. The summed E-state index contributed by atoms with van der Waals surface area (Å²) in [6, 6.07) is 14.7. The molecule has 0 aliphatic carbocycles. The summed E-state index contributed by atoms with van der Waals surface area (Å²) >= 11 is 0. The summed E-state index contributed by atoms with van der Waals surface area (Å²) in [5.74, 6) is 0.0478. The molecule has 26 heavy (non-hydrogen) atoms. The van der Waals surface area contributed by atoms with E-state index in [4.69, 9.17) is 4.74 Å². The molecule has 0 bridgehead atoms. The SMILES string of the molecule is COCCNC(=O)CC(c1ccc(C)cc1C)c1c[nH]c2ccccc12. The molecule has 0 aliphatic heterocycles. The predicted octanol–water partition coefficient (Wildman–Crippen LogP) is 4.07. The van der Waals surface area contributed by atoms with Gasteiger partial charge in [-0.2, -0.15) is 0 Å². The van der Waals surface area contributed by atoms with Crippen LogP contribution in [0, 0.1) is 13.8 Å². The molecule has 1 unspecified atom stereocenters. The van der Waals surface area contributed by atoms with Gasteiger partial charge in [0.05, 0.1) is 6.61 Å². The number of hydrogen-bond donors (Lipinski definition) is 2. The van der Waals surface area contributed by atoms with Crippen molar-refractivity contribution in [1.29, 1.82) is 0 Å². The molecular weight excluding hydrogens is 324 g/mol. The highest BCUT2D eigenvalue weighted by molar-refractivity contribution is 5.86. The van der Waals surface area contributed by atoms with Crippen LogP contribution >= 0.6 is 0 Å². The van der Waals surface area contributed by atoms with Crippen molar-refractivity contribution in [2.24, 2.45) is 0 Å². The molecule has 3 rings (SSSR count). The number of carbonyl (C=O) groups is 1. The van der Waals surface area contributed by atoms with E-state index in [1.165, 1.54) is 22.1 Å². The predicted molar refractivity (Wildman–Crippen MR) is 106 cm³/mol. The highest BCUT2D eigenvalue weighted by Gasteiger charge is 2.22. The van der Waals surface area contributed by atoms with Gasteiger partial charge in [-0.25, -0.2) is 0 Å². The Balaban J connectivity index is 1.97. The number of nitrogens with one attached hydrogen (secondary N) is 2. The zero-order valence-corrected chi connectivity index (χ0v) is 15.6. The van der Waals surface area contributed by atoms with E-state index in [-0.39, 0.29) is 11.8 Å². The van der Waals surface area contributed by atoms with E-state index in [0.717, 1.165) is 11.1 Å². The van der Waals surface area contributed by atoms with Crippen LogP contribution in [0.25, 0.3) is 10.9 Å². The molecule has 0 spiro atoms. The third-order valence-corrected chi connectivity index (χ3v) is 4.82. The zero-order valence-electron chi connectivity index (χ0n) is 15.6. The molecule has 2 N–H and O–H groups in total. The van der Waals surface area contributed by atoms with Crippen molar-refractivity contribution >= 4 is 16.8 Å². The maximum Gasteiger partial charge on any atom is 0.221 e. The van der Waals surface area contributed by atoms with Gasteiger partial charge in [0.1, 0.15) is 0 Å². The number of carbonyl (C=O) groups excluding carboxylic acids is 1.